The summed E-state index contributed by atoms with van der Waals surface area (Å²) in [6, 6.07) is 7.15. The van der Waals surface area contributed by atoms with E-state index in [0.29, 0.717) is 17.5 Å². The number of fused-ring (bicyclic) bond motifs is 1. The van der Waals surface area contributed by atoms with E-state index in [9.17, 15) is 9.59 Å². The van der Waals surface area contributed by atoms with E-state index in [1.807, 2.05) is 26.0 Å². The summed E-state index contributed by atoms with van der Waals surface area (Å²) in [5, 5.41) is 0. The molecule has 2 unspecified atom stereocenters. The van der Waals surface area contributed by atoms with Crippen molar-refractivity contribution >= 4 is 11.6 Å². The molecule has 3 heteroatoms. The molecule has 4 rings (SSSR count). The van der Waals surface area contributed by atoms with E-state index >= 15 is 0 Å². The van der Waals surface area contributed by atoms with Crippen LogP contribution in [0.15, 0.2) is 24.3 Å². The van der Waals surface area contributed by atoms with Gasteiger partial charge in [-0.2, -0.15) is 0 Å². The molecule has 0 radical (unpaired) electrons. The van der Waals surface area contributed by atoms with Crippen molar-refractivity contribution in [1.29, 1.82) is 0 Å². The van der Waals surface area contributed by atoms with E-state index in [4.69, 9.17) is 4.74 Å². The number of benzene rings is 1. The van der Waals surface area contributed by atoms with Crippen LogP contribution in [-0.4, -0.2) is 22.8 Å². The average Bonchev–Trinajstić information content (AvgIpc) is 3.06. The zero-order valence-electron chi connectivity index (χ0n) is 11.2. The summed E-state index contributed by atoms with van der Waals surface area (Å²) in [5.74, 6) is 0.119. The molecule has 3 nitrogen and oxygen atoms in total. The van der Waals surface area contributed by atoms with Gasteiger partial charge < -0.3 is 4.74 Å². The fourth-order valence-electron chi connectivity index (χ4n) is 3.92. The van der Waals surface area contributed by atoms with Gasteiger partial charge in [-0.05, 0) is 26.7 Å². The molecule has 3 aliphatic rings. The van der Waals surface area contributed by atoms with Crippen LogP contribution in [0, 0.1) is 5.41 Å². The fraction of sp³-hybridized carbons (Fsp3) is 0.500. The molecule has 2 aliphatic carbocycles. The van der Waals surface area contributed by atoms with Gasteiger partial charge in [0.25, 0.3) is 0 Å². The van der Waals surface area contributed by atoms with E-state index in [1.165, 1.54) is 0 Å². The lowest BCUT2D eigenvalue weighted by Gasteiger charge is -2.41. The van der Waals surface area contributed by atoms with E-state index in [-0.39, 0.29) is 17.2 Å². The number of ether oxygens (including phenoxy) is 1. The molecule has 0 amide bonds. The Morgan fingerprint density at radius 3 is 2.32 bits per heavy atom. The van der Waals surface area contributed by atoms with Crippen LogP contribution < -0.4 is 0 Å². The normalized spacial score (nSPS) is 38.2. The molecule has 1 aliphatic heterocycles. The predicted octanol–water partition coefficient (Wildman–Crippen LogP) is 2.78. The summed E-state index contributed by atoms with van der Waals surface area (Å²) in [6.45, 7) is 4.00. The molecule has 1 saturated heterocycles. The summed E-state index contributed by atoms with van der Waals surface area (Å²) in [6.07, 6.45) is 2.16. The number of hydrogen-bond acceptors (Lipinski definition) is 3. The first kappa shape index (κ1) is 11.4. The molecule has 1 saturated carbocycles. The average molecular weight is 256 g/mol. The zero-order chi connectivity index (χ0) is 13.5. The number of carbonyl (C=O) groups is 2. The van der Waals surface area contributed by atoms with Crippen LogP contribution in [0.5, 0.6) is 0 Å². The maximum absolute atomic E-state index is 12.8. The highest BCUT2D eigenvalue weighted by Gasteiger charge is 2.81. The Morgan fingerprint density at radius 1 is 1.00 bits per heavy atom. The Kier molecular flexibility index (Phi) is 1.78. The molecule has 0 aromatic heterocycles. The standard InChI is InChI=1S/C16H16O3/c1-14(2)7-8-15-9-16(15,19-14)13(18)11-6-4-3-5-10(11)12(15)17/h3-6H,7-9H2,1-2H3. The third-order valence-electron chi connectivity index (χ3n) is 5.02. The Bertz CT molecular complexity index is 631. The van der Waals surface area contributed by atoms with Gasteiger partial charge in [0.2, 0.25) is 0 Å². The van der Waals surface area contributed by atoms with Gasteiger partial charge in [0.1, 0.15) is 5.60 Å². The highest BCUT2D eigenvalue weighted by atomic mass is 16.5. The highest BCUT2D eigenvalue weighted by molar-refractivity contribution is 6.24. The molecule has 1 aromatic rings. The SMILES string of the molecule is CC1(C)CCC23CC2(O1)C(=O)c1ccccc1C3=O. The maximum atomic E-state index is 12.8. The van der Waals surface area contributed by atoms with Gasteiger partial charge in [0.05, 0.1) is 11.0 Å². The lowest BCUT2D eigenvalue weighted by atomic mass is 9.74. The van der Waals surface area contributed by atoms with E-state index in [0.717, 1.165) is 12.8 Å². The summed E-state index contributed by atoms with van der Waals surface area (Å²) in [4.78, 5) is 25.5. The molecule has 2 fully saturated rings. The summed E-state index contributed by atoms with van der Waals surface area (Å²) < 4.78 is 6.10. The molecular weight excluding hydrogens is 240 g/mol. The van der Waals surface area contributed by atoms with Crippen molar-refractivity contribution in [3.63, 3.8) is 0 Å². The minimum absolute atomic E-state index is 0.00970. The lowest BCUT2D eigenvalue weighted by Crippen LogP contribution is -2.51. The first-order valence-corrected chi connectivity index (χ1v) is 6.81. The van der Waals surface area contributed by atoms with Crippen molar-refractivity contribution in [2.45, 2.75) is 44.3 Å². The van der Waals surface area contributed by atoms with Crippen LogP contribution in [0.2, 0.25) is 0 Å². The maximum Gasteiger partial charge on any atom is 0.196 e. The molecule has 0 spiro atoms. The van der Waals surface area contributed by atoms with Gasteiger partial charge in [0, 0.05) is 17.5 Å². The topological polar surface area (TPSA) is 43.4 Å². The molecule has 0 N–H and O–H groups in total. The quantitative estimate of drug-likeness (QED) is 0.717. The highest BCUT2D eigenvalue weighted by Crippen LogP contribution is 2.70. The minimum Gasteiger partial charge on any atom is -0.360 e. The monoisotopic (exact) mass is 256 g/mol. The van der Waals surface area contributed by atoms with E-state index in [2.05, 4.69) is 0 Å². The number of hydrogen-bond donors (Lipinski definition) is 0. The van der Waals surface area contributed by atoms with E-state index < -0.39 is 11.0 Å². The molecule has 1 aromatic carbocycles. The summed E-state index contributed by atoms with van der Waals surface area (Å²) in [7, 11) is 0. The van der Waals surface area contributed by atoms with Crippen LogP contribution in [0.25, 0.3) is 0 Å². The van der Waals surface area contributed by atoms with Gasteiger partial charge in [-0.3, -0.25) is 9.59 Å². The van der Waals surface area contributed by atoms with Crippen LogP contribution in [0.1, 0.15) is 53.8 Å². The Morgan fingerprint density at radius 2 is 1.63 bits per heavy atom. The summed E-state index contributed by atoms with van der Waals surface area (Å²) >= 11 is 0. The van der Waals surface area contributed by atoms with Gasteiger partial charge in [0.15, 0.2) is 11.6 Å². The third kappa shape index (κ3) is 1.13. The Balaban J connectivity index is 1.92. The van der Waals surface area contributed by atoms with Gasteiger partial charge in [-0.1, -0.05) is 24.3 Å². The number of rotatable bonds is 0. The molecule has 19 heavy (non-hydrogen) atoms. The van der Waals surface area contributed by atoms with Crippen molar-refractivity contribution in [1.82, 2.24) is 0 Å². The van der Waals surface area contributed by atoms with Crippen molar-refractivity contribution in [2.24, 2.45) is 5.41 Å². The van der Waals surface area contributed by atoms with Gasteiger partial charge in [-0.25, -0.2) is 0 Å². The van der Waals surface area contributed by atoms with Gasteiger partial charge in [-0.15, -0.1) is 0 Å². The van der Waals surface area contributed by atoms with E-state index in [1.54, 1.807) is 12.1 Å². The molecule has 2 atom stereocenters. The Hall–Kier alpha value is -1.48. The fourth-order valence-corrected chi connectivity index (χ4v) is 3.92. The van der Waals surface area contributed by atoms with Crippen molar-refractivity contribution in [3.05, 3.63) is 35.4 Å². The minimum atomic E-state index is -0.861. The second kappa shape index (κ2) is 2.98. The lowest BCUT2D eigenvalue weighted by molar-refractivity contribution is -0.114. The molecule has 1 heterocycles. The van der Waals surface area contributed by atoms with Crippen molar-refractivity contribution in [3.8, 4) is 0 Å². The smallest absolute Gasteiger partial charge is 0.196 e. The second-order valence-corrected chi connectivity index (χ2v) is 6.65. The summed E-state index contributed by atoms with van der Waals surface area (Å²) in [5.41, 5.74) is -0.613. The second-order valence-electron chi connectivity index (χ2n) is 6.65. The largest absolute Gasteiger partial charge is 0.360 e. The first-order valence-electron chi connectivity index (χ1n) is 6.81. The third-order valence-corrected chi connectivity index (χ3v) is 5.02. The van der Waals surface area contributed by atoms with Crippen LogP contribution in [-0.2, 0) is 4.74 Å². The van der Waals surface area contributed by atoms with Gasteiger partial charge >= 0.3 is 0 Å². The molecule has 98 valence electrons. The van der Waals surface area contributed by atoms with Crippen molar-refractivity contribution < 1.29 is 14.3 Å². The van der Waals surface area contributed by atoms with Crippen molar-refractivity contribution in [2.75, 3.05) is 0 Å². The number of ketones is 2. The van der Waals surface area contributed by atoms with Crippen LogP contribution in [0.3, 0.4) is 0 Å². The number of carbonyl (C=O) groups excluding carboxylic acids is 2. The zero-order valence-corrected chi connectivity index (χ0v) is 11.2. The molecule has 0 bridgehead atoms. The molecular formula is C16H16O3. The van der Waals surface area contributed by atoms with Crippen LogP contribution in [0.4, 0.5) is 0 Å². The Labute approximate surface area is 111 Å². The predicted molar refractivity (Wildman–Crippen MR) is 69.3 cm³/mol. The van der Waals surface area contributed by atoms with Crippen LogP contribution >= 0.6 is 0 Å². The number of Topliss-reactive ketones (excluding diaryl/α,β-unsaturated/α-hetero) is 2. The first-order chi connectivity index (χ1) is 8.92.